The maximum atomic E-state index is 11.9. The smallest absolute Gasteiger partial charge is 0.315 e. The Morgan fingerprint density at radius 2 is 1.87 bits per heavy atom. The van der Waals surface area contributed by atoms with Gasteiger partial charge >= 0.3 is 6.03 Å². The second kappa shape index (κ2) is 9.32. The van der Waals surface area contributed by atoms with Crippen LogP contribution in [-0.4, -0.2) is 74.1 Å². The molecule has 31 heavy (non-hydrogen) atoms. The molecule has 1 aromatic carbocycles. The van der Waals surface area contributed by atoms with E-state index in [1.807, 2.05) is 32.3 Å². The Labute approximate surface area is 181 Å². The van der Waals surface area contributed by atoms with Crippen molar-refractivity contribution in [2.75, 3.05) is 44.1 Å². The Morgan fingerprint density at radius 3 is 2.58 bits per heavy atom. The number of urea groups is 1. The van der Waals surface area contributed by atoms with Crippen molar-refractivity contribution in [2.24, 2.45) is 0 Å². The second-order valence-electron chi connectivity index (χ2n) is 7.80. The van der Waals surface area contributed by atoms with E-state index in [0.717, 1.165) is 16.9 Å². The van der Waals surface area contributed by atoms with Crippen molar-refractivity contribution < 1.29 is 14.3 Å². The minimum Gasteiger partial charge on any atom is -0.378 e. The van der Waals surface area contributed by atoms with Gasteiger partial charge in [0, 0.05) is 38.1 Å². The molecule has 0 bridgehead atoms. The number of aromatic nitrogens is 2. The van der Waals surface area contributed by atoms with Crippen LogP contribution in [0.4, 0.5) is 16.4 Å². The van der Waals surface area contributed by atoms with E-state index in [0.29, 0.717) is 25.7 Å². The number of hydrogen-bond acceptors (Lipinski definition) is 7. The molecule has 0 spiro atoms. The van der Waals surface area contributed by atoms with Crippen LogP contribution in [0.5, 0.6) is 0 Å². The lowest BCUT2D eigenvalue weighted by Gasteiger charge is -2.18. The maximum Gasteiger partial charge on any atom is 0.315 e. The van der Waals surface area contributed by atoms with Crippen LogP contribution in [0.15, 0.2) is 49.2 Å². The first kappa shape index (κ1) is 21.1. The van der Waals surface area contributed by atoms with Crippen molar-refractivity contribution in [1.29, 1.82) is 0 Å². The minimum atomic E-state index is -0.259. The van der Waals surface area contributed by atoms with Crippen LogP contribution < -0.4 is 20.9 Å². The first-order chi connectivity index (χ1) is 15.0. The van der Waals surface area contributed by atoms with Crippen molar-refractivity contribution in [2.45, 2.75) is 24.3 Å². The van der Waals surface area contributed by atoms with E-state index in [1.54, 1.807) is 12.3 Å². The number of amides is 2. The molecule has 0 unspecified atom stereocenters. The molecule has 164 valence electrons. The first-order valence-electron chi connectivity index (χ1n) is 10.3. The summed E-state index contributed by atoms with van der Waals surface area (Å²) in [5.74, 6) is 0.521. The molecule has 2 saturated heterocycles. The number of fused-ring (bicyclic) bond motifs is 1. The van der Waals surface area contributed by atoms with E-state index in [4.69, 9.17) is 9.47 Å². The third-order valence-corrected chi connectivity index (χ3v) is 5.43. The van der Waals surface area contributed by atoms with Gasteiger partial charge in [0.2, 0.25) is 5.95 Å². The third kappa shape index (κ3) is 4.78. The summed E-state index contributed by atoms with van der Waals surface area (Å²) in [6, 6.07) is 9.54. The molecule has 4 atom stereocenters. The summed E-state index contributed by atoms with van der Waals surface area (Å²) in [6.07, 6.45) is 2.97. The van der Waals surface area contributed by atoms with Crippen LogP contribution in [0, 0.1) is 0 Å². The molecule has 2 aromatic rings. The molecule has 0 saturated carbocycles. The van der Waals surface area contributed by atoms with Crippen LogP contribution in [0.25, 0.3) is 11.3 Å². The largest absolute Gasteiger partial charge is 0.378 e. The van der Waals surface area contributed by atoms with E-state index in [1.165, 1.54) is 0 Å². The molecule has 2 fully saturated rings. The van der Waals surface area contributed by atoms with Crippen LogP contribution >= 0.6 is 0 Å². The highest BCUT2D eigenvalue weighted by Crippen LogP contribution is 2.29. The molecule has 0 aliphatic carbocycles. The summed E-state index contributed by atoms with van der Waals surface area (Å²) in [5, 5.41) is 8.94. The first-order valence-corrected chi connectivity index (χ1v) is 10.3. The number of hydrogen-bond donors (Lipinski definition) is 3. The molecule has 3 N–H and O–H groups in total. The van der Waals surface area contributed by atoms with E-state index >= 15 is 0 Å². The fourth-order valence-corrected chi connectivity index (χ4v) is 3.82. The van der Waals surface area contributed by atoms with Gasteiger partial charge in [-0.15, -0.1) is 6.58 Å². The molecular weight excluding hydrogens is 396 g/mol. The number of ether oxygens (including phenoxy) is 2. The van der Waals surface area contributed by atoms with Gasteiger partial charge in [0.1, 0.15) is 12.2 Å². The number of anilines is 2. The molecule has 1 aromatic heterocycles. The van der Waals surface area contributed by atoms with Crippen LogP contribution in [-0.2, 0) is 9.47 Å². The number of rotatable bonds is 7. The summed E-state index contributed by atoms with van der Waals surface area (Å²) in [7, 11) is 4.02. The number of nitrogens with one attached hydrogen (secondary N) is 3. The van der Waals surface area contributed by atoms with Gasteiger partial charge in [-0.25, -0.2) is 14.8 Å². The van der Waals surface area contributed by atoms with Crippen LogP contribution in [0.2, 0.25) is 0 Å². The Morgan fingerprint density at radius 1 is 1.16 bits per heavy atom. The van der Waals surface area contributed by atoms with E-state index in [9.17, 15) is 4.79 Å². The molecule has 3 heterocycles. The number of carbonyl (C=O) groups excluding carboxylic acids is 1. The standard InChI is InChI=1S/C22H28N6O3/c1-4-10-24-22(29)27-18-13-31-19-17(12-30-20(18)19)26-21-23-11-9-16(25-21)14-5-7-15(8-6-14)28(2)3/h4-9,11,17-20H,1,10,12-13H2,2-3H3,(H,23,25,26)(H2,24,27,29)/t17-,18-,19+,20+/m0/s1. The van der Waals surface area contributed by atoms with Crippen molar-refractivity contribution in [1.82, 2.24) is 20.6 Å². The van der Waals surface area contributed by atoms with Gasteiger partial charge in [-0.05, 0) is 18.2 Å². The van der Waals surface area contributed by atoms with E-state index in [-0.39, 0.29) is 30.3 Å². The molecule has 4 rings (SSSR count). The molecular formula is C22H28N6O3. The molecule has 9 nitrogen and oxygen atoms in total. The third-order valence-electron chi connectivity index (χ3n) is 5.43. The average Bonchev–Trinajstić information content (AvgIpc) is 3.36. The Balaban J connectivity index is 1.39. The van der Waals surface area contributed by atoms with Crippen molar-refractivity contribution in [3.8, 4) is 11.3 Å². The second-order valence-corrected chi connectivity index (χ2v) is 7.80. The summed E-state index contributed by atoms with van der Waals surface area (Å²) < 4.78 is 11.8. The van der Waals surface area contributed by atoms with Gasteiger partial charge < -0.3 is 30.3 Å². The Hall–Kier alpha value is -3.17. The zero-order chi connectivity index (χ0) is 21.8. The van der Waals surface area contributed by atoms with Gasteiger partial charge in [-0.1, -0.05) is 18.2 Å². The lowest BCUT2D eigenvalue weighted by Crippen LogP contribution is -2.48. The topological polar surface area (TPSA) is 101 Å². The van der Waals surface area contributed by atoms with Crippen molar-refractivity contribution in [3.63, 3.8) is 0 Å². The fourth-order valence-electron chi connectivity index (χ4n) is 3.82. The number of nitrogens with zero attached hydrogens (tertiary/aromatic N) is 3. The summed E-state index contributed by atoms with van der Waals surface area (Å²) >= 11 is 0. The zero-order valence-corrected chi connectivity index (χ0v) is 17.7. The highest BCUT2D eigenvalue weighted by Gasteiger charge is 2.48. The minimum absolute atomic E-state index is 0.0978. The summed E-state index contributed by atoms with van der Waals surface area (Å²) in [4.78, 5) is 23.0. The van der Waals surface area contributed by atoms with Crippen molar-refractivity contribution in [3.05, 3.63) is 49.2 Å². The maximum absolute atomic E-state index is 11.9. The SMILES string of the molecule is C=CCNC(=O)N[C@H]1CO[C@H]2[C@@H]1OC[C@@H]2Nc1nccc(-c2ccc(N(C)C)cc2)n1. The van der Waals surface area contributed by atoms with Gasteiger partial charge in [-0.3, -0.25) is 0 Å². The monoisotopic (exact) mass is 424 g/mol. The molecule has 0 radical (unpaired) electrons. The Bertz CT molecular complexity index is 920. The van der Waals surface area contributed by atoms with Gasteiger partial charge in [-0.2, -0.15) is 0 Å². The number of carbonyl (C=O) groups is 1. The van der Waals surface area contributed by atoms with E-state index in [2.05, 4.69) is 49.5 Å². The van der Waals surface area contributed by atoms with Gasteiger partial charge in [0.25, 0.3) is 0 Å². The summed E-state index contributed by atoms with van der Waals surface area (Å²) in [6.45, 7) is 4.84. The predicted molar refractivity (Wildman–Crippen MR) is 119 cm³/mol. The molecule has 2 aliphatic rings. The lowest BCUT2D eigenvalue weighted by atomic mass is 10.1. The van der Waals surface area contributed by atoms with Crippen LogP contribution in [0.3, 0.4) is 0 Å². The normalized spacial score (nSPS) is 24.3. The molecule has 2 aliphatic heterocycles. The molecule has 9 heteroatoms. The summed E-state index contributed by atoms with van der Waals surface area (Å²) in [5.41, 5.74) is 2.98. The lowest BCUT2D eigenvalue weighted by molar-refractivity contribution is 0.0682. The Kier molecular flexibility index (Phi) is 6.34. The average molecular weight is 425 g/mol. The highest BCUT2D eigenvalue weighted by atomic mass is 16.6. The highest BCUT2D eigenvalue weighted by molar-refractivity contribution is 5.74. The predicted octanol–water partition coefficient (Wildman–Crippen LogP) is 1.64. The zero-order valence-electron chi connectivity index (χ0n) is 17.7. The number of benzene rings is 1. The fraction of sp³-hybridized carbons (Fsp3) is 0.409. The van der Waals surface area contributed by atoms with Gasteiger partial charge in [0.05, 0.1) is 31.0 Å². The van der Waals surface area contributed by atoms with Crippen LogP contribution in [0.1, 0.15) is 0 Å². The van der Waals surface area contributed by atoms with Gasteiger partial charge in [0.15, 0.2) is 0 Å². The van der Waals surface area contributed by atoms with Crippen molar-refractivity contribution >= 4 is 17.7 Å². The molecule has 2 amide bonds. The van der Waals surface area contributed by atoms with E-state index < -0.39 is 0 Å². The quantitative estimate of drug-likeness (QED) is 0.581.